The molecule has 0 saturated heterocycles. The molecule has 6 heteroatoms. The van der Waals surface area contributed by atoms with Gasteiger partial charge in [-0.1, -0.05) is 49.2 Å². The highest BCUT2D eigenvalue weighted by Gasteiger charge is 2.46. The summed E-state index contributed by atoms with van der Waals surface area (Å²) in [6.07, 6.45) is 2.13. The quantitative estimate of drug-likeness (QED) is 0.583. The van der Waals surface area contributed by atoms with E-state index in [-0.39, 0.29) is 11.7 Å². The summed E-state index contributed by atoms with van der Waals surface area (Å²) in [5, 5.41) is 8.05. The van der Waals surface area contributed by atoms with Crippen molar-refractivity contribution in [2.75, 3.05) is 0 Å². The first kappa shape index (κ1) is 18.3. The summed E-state index contributed by atoms with van der Waals surface area (Å²) >= 11 is 0. The number of aromatic nitrogens is 2. The lowest BCUT2D eigenvalue weighted by Gasteiger charge is -2.28. The molecule has 5 nitrogen and oxygen atoms in total. The molecular weight excluding hydrogens is 359 g/mol. The van der Waals surface area contributed by atoms with Crippen LogP contribution >= 0.6 is 0 Å². The lowest BCUT2D eigenvalue weighted by molar-refractivity contribution is -0.157. The minimum Gasteiger partial charge on any atom is -0.452 e. The van der Waals surface area contributed by atoms with Gasteiger partial charge in [0.2, 0.25) is 5.89 Å². The van der Waals surface area contributed by atoms with Gasteiger partial charge < -0.3 is 9.15 Å². The number of hydrogen-bond acceptors (Lipinski definition) is 5. The number of nitrogens with zero attached hydrogens (tertiary/aromatic N) is 2. The van der Waals surface area contributed by atoms with Crippen LogP contribution in [0.2, 0.25) is 0 Å². The maximum absolute atomic E-state index is 14.4. The van der Waals surface area contributed by atoms with E-state index in [2.05, 4.69) is 10.2 Å². The van der Waals surface area contributed by atoms with Crippen molar-refractivity contribution in [3.8, 4) is 11.5 Å². The summed E-state index contributed by atoms with van der Waals surface area (Å²) in [6.45, 7) is 1.68. The van der Waals surface area contributed by atoms with Gasteiger partial charge >= 0.3 is 5.97 Å². The Kier molecular flexibility index (Phi) is 4.94. The number of rotatable bonds is 5. The van der Waals surface area contributed by atoms with Gasteiger partial charge in [0.15, 0.2) is 6.10 Å². The Hall–Kier alpha value is -3.02. The van der Waals surface area contributed by atoms with Crippen LogP contribution in [-0.4, -0.2) is 16.2 Å². The molecule has 0 spiro atoms. The molecule has 144 valence electrons. The van der Waals surface area contributed by atoms with Crippen molar-refractivity contribution in [3.63, 3.8) is 0 Å². The fourth-order valence-electron chi connectivity index (χ4n) is 3.83. The molecule has 1 aromatic heterocycles. The maximum Gasteiger partial charge on any atom is 0.317 e. The SMILES string of the molecule is C[C@@H](OC(=O)C1(c2ccccc2F)CCCC1)c1nnc(-c2ccccc2)o1. The monoisotopic (exact) mass is 380 g/mol. The zero-order valence-electron chi connectivity index (χ0n) is 15.6. The number of ether oxygens (including phenoxy) is 1. The summed E-state index contributed by atoms with van der Waals surface area (Å²) in [5.41, 5.74) is 0.237. The van der Waals surface area contributed by atoms with Crippen molar-refractivity contribution >= 4 is 5.97 Å². The van der Waals surface area contributed by atoms with Crippen molar-refractivity contribution in [1.82, 2.24) is 10.2 Å². The van der Waals surface area contributed by atoms with Crippen LogP contribution in [0.5, 0.6) is 0 Å². The number of carbonyl (C=O) groups is 1. The van der Waals surface area contributed by atoms with E-state index in [4.69, 9.17) is 9.15 Å². The normalized spacial score (nSPS) is 16.6. The highest BCUT2D eigenvalue weighted by Crippen LogP contribution is 2.44. The van der Waals surface area contributed by atoms with Crippen LogP contribution in [0.4, 0.5) is 4.39 Å². The molecule has 0 aliphatic heterocycles. The minimum absolute atomic E-state index is 0.217. The number of esters is 1. The van der Waals surface area contributed by atoms with Gasteiger partial charge in [0, 0.05) is 11.1 Å². The molecule has 3 aromatic rings. The molecule has 0 unspecified atom stereocenters. The predicted molar refractivity (Wildman–Crippen MR) is 101 cm³/mol. The van der Waals surface area contributed by atoms with Crippen LogP contribution in [0.3, 0.4) is 0 Å². The lowest BCUT2D eigenvalue weighted by Crippen LogP contribution is -2.36. The molecule has 1 saturated carbocycles. The second kappa shape index (κ2) is 7.54. The van der Waals surface area contributed by atoms with Crippen LogP contribution in [-0.2, 0) is 14.9 Å². The summed E-state index contributed by atoms with van der Waals surface area (Å²) in [7, 11) is 0. The molecular formula is C22H21FN2O3. The van der Waals surface area contributed by atoms with E-state index in [9.17, 15) is 9.18 Å². The Morgan fingerprint density at radius 3 is 2.46 bits per heavy atom. The fraction of sp³-hybridized carbons (Fsp3) is 0.318. The summed E-state index contributed by atoms with van der Waals surface area (Å²) in [4.78, 5) is 13.1. The highest BCUT2D eigenvalue weighted by atomic mass is 19.1. The molecule has 1 fully saturated rings. The number of carbonyl (C=O) groups excluding carboxylic acids is 1. The second-order valence-electron chi connectivity index (χ2n) is 7.13. The molecule has 1 atom stereocenters. The molecule has 28 heavy (non-hydrogen) atoms. The summed E-state index contributed by atoms with van der Waals surface area (Å²) in [5.74, 6) is -0.239. The molecule has 4 rings (SSSR count). The summed E-state index contributed by atoms with van der Waals surface area (Å²) in [6, 6.07) is 15.8. The highest BCUT2D eigenvalue weighted by molar-refractivity contribution is 5.84. The van der Waals surface area contributed by atoms with Crippen LogP contribution in [0.1, 0.15) is 50.2 Å². The van der Waals surface area contributed by atoms with Crippen molar-refractivity contribution in [3.05, 3.63) is 71.9 Å². The maximum atomic E-state index is 14.4. The van der Waals surface area contributed by atoms with E-state index in [0.29, 0.717) is 24.3 Å². The minimum atomic E-state index is -0.956. The first-order valence-electron chi connectivity index (χ1n) is 9.45. The molecule has 1 aliphatic rings. The first-order chi connectivity index (χ1) is 13.6. The van der Waals surface area contributed by atoms with Gasteiger partial charge in [-0.3, -0.25) is 4.79 Å². The number of benzene rings is 2. The van der Waals surface area contributed by atoms with Crippen molar-refractivity contribution in [1.29, 1.82) is 0 Å². The van der Waals surface area contributed by atoms with E-state index in [0.717, 1.165) is 18.4 Å². The second-order valence-corrected chi connectivity index (χ2v) is 7.13. The average Bonchev–Trinajstić information content (AvgIpc) is 3.40. The van der Waals surface area contributed by atoms with E-state index in [1.807, 2.05) is 30.3 Å². The standard InChI is InChI=1S/C22H21FN2O3/c1-15(19-24-25-20(28-19)16-9-3-2-4-10-16)27-21(26)22(13-7-8-14-22)17-11-5-6-12-18(17)23/h2-6,9-12,15H,7-8,13-14H2,1H3/t15-/m1/s1. The topological polar surface area (TPSA) is 65.2 Å². The van der Waals surface area contributed by atoms with E-state index < -0.39 is 17.5 Å². The first-order valence-corrected chi connectivity index (χ1v) is 9.45. The zero-order chi connectivity index (χ0) is 19.6. The van der Waals surface area contributed by atoms with Gasteiger partial charge in [-0.15, -0.1) is 10.2 Å². The fourth-order valence-corrected chi connectivity index (χ4v) is 3.83. The molecule has 0 bridgehead atoms. The Morgan fingerprint density at radius 2 is 1.75 bits per heavy atom. The molecule has 0 amide bonds. The average molecular weight is 380 g/mol. The molecule has 0 radical (unpaired) electrons. The Bertz CT molecular complexity index is 965. The number of hydrogen-bond donors (Lipinski definition) is 0. The largest absolute Gasteiger partial charge is 0.452 e. The van der Waals surface area contributed by atoms with Crippen molar-refractivity contribution in [2.24, 2.45) is 0 Å². The van der Waals surface area contributed by atoms with Crippen molar-refractivity contribution in [2.45, 2.75) is 44.1 Å². The Labute approximate surface area is 162 Å². The van der Waals surface area contributed by atoms with E-state index >= 15 is 0 Å². The van der Waals surface area contributed by atoms with Crippen LogP contribution in [0.25, 0.3) is 11.5 Å². The predicted octanol–water partition coefficient (Wildman–Crippen LogP) is 4.99. The van der Waals surface area contributed by atoms with Gasteiger partial charge in [-0.2, -0.15) is 0 Å². The third kappa shape index (κ3) is 3.30. The van der Waals surface area contributed by atoms with E-state index in [1.54, 1.807) is 25.1 Å². The molecule has 0 N–H and O–H groups in total. The van der Waals surface area contributed by atoms with E-state index in [1.165, 1.54) is 6.07 Å². The van der Waals surface area contributed by atoms with Gasteiger partial charge in [0.05, 0.1) is 5.41 Å². The third-order valence-electron chi connectivity index (χ3n) is 5.33. The van der Waals surface area contributed by atoms with Gasteiger partial charge in [0.25, 0.3) is 5.89 Å². The Balaban J connectivity index is 1.55. The number of halogens is 1. The van der Waals surface area contributed by atoms with Crippen molar-refractivity contribution < 1.29 is 18.3 Å². The van der Waals surface area contributed by atoms with Crippen LogP contribution in [0.15, 0.2) is 59.0 Å². The van der Waals surface area contributed by atoms with Crippen LogP contribution in [0, 0.1) is 5.82 Å². The van der Waals surface area contributed by atoms with Gasteiger partial charge in [-0.25, -0.2) is 4.39 Å². The molecule has 1 aliphatic carbocycles. The Morgan fingerprint density at radius 1 is 1.07 bits per heavy atom. The summed E-state index contributed by atoms with van der Waals surface area (Å²) < 4.78 is 25.8. The smallest absolute Gasteiger partial charge is 0.317 e. The van der Waals surface area contributed by atoms with Crippen LogP contribution < -0.4 is 0 Å². The lowest BCUT2D eigenvalue weighted by atomic mass is 9.78. The molecule has 1 heterocycles. The third-order valence-corrected chi connectivity index (χ3v) is 5.33. The molecule has 2 aromatic carbocycles. The van der Waals surface area contributed by atoms with Gasteiger partial charge in [-0.05, 0) is 38.0 Å². The zero-order valence-corrected chi connectivity index (χ0v) is 15.6. The van der Waals surface area contributed by atoms with Gasteiger partial charge in [0.1, 0.15) is 5.82 Å².